The zero-order valence-electron chi connectivity index (χ0n) is 10.4. The highest BCUT2D eigenvalue weighted by atomic mass is 79.9. The first-order valence-corrected chi connectivity index (χ1v) is 6.65. The zero-order chi connectivity index (χ0) is 14.5. The lowest BCUT2D eigenvalue weighted by Crippen LogP contribution is -2.22. The lowest BCUT2D eigenvalue weighted by Gasteiger charge is -2.07. The number of hydrogen-bond acceptors (Lipinski definition) is 4. The monoisotopic (exact) mass is 337 g/mol. The van der Waals surface area contributed by atoms with E-state index in [9.17, 15) is 14.7 Å². The number of nitrogens with zero attached hydrogens (tertiary/aromatic N) is 2. The standard InChI is InChI=1S/C13H12BrN3O3/c14-9-3-4-12(20)17(8-9)7-5-11(19)16-13-10(18)2-1-6-15-13/h1-4,6,8,18H,5,7H2,(H,15,16,19). The van der Waals surface area contributed by atoms with E-state index in [4.69, 9.17) is 0 Å². The van der Waals surface area contributed by atoms with Crippen LogP contribution in [0.2, 0.25) is 0 Å². The number of aromatic nitrogens is 2. The quantitative estimate of drug-likeness (QED) is 0.889. The van der Waals surface area contributed by atoms with Crippen molar-refractivity contribution in [3.05, 3.63) is 51.5 Å². The fraction of sp³-hybridized carbons (Fsp3) is 0.154. The Labute approximate surface area is 123 Å². The molecule has 0 aliphatic rings. The summed E-state index contributed by atoms with van der Waals surface area (Å²) in [5.74, 6) is -0.314. The molecule has 2 rings (SSSR count). The molecule has 0 spiro atoms. The molecule has 0 saturated heterocycles. The highest BCUT2D eigenvalue weighted by Gasteiger charge is 2.07. The largest absolute Gasteiger partial charge is 0.504 e. The Hall–Kier alpha value is -2.15. The van der Waals surface area contributed by atoms with Crippen LogP contribution in [0.1, 0.15) is 6.42 Å². The van der Waals surface area contributed by atoms with E-state index >= 15 is 0 Å². The third-order valence-corrected chi connectivity index (χ3v) is 3.04. The summed E-state index contributed by atoms with van der Waals surface area (Å²) in [5.41, 5.74) is -0.179. The lowest BCUT2D eigenvalue weighted by atomic mass is 10.3. The normalized spacial score (nSPS) is 10.2. The van der Waals surface area contributed by atoms with Crippen LogP contribution in [0.15, 0.2) is 45.9 Å². The van der Waals surface area contributed by atoms with E-state index in [2.05, 4.69) is 26.2 Å². The third-order valence-electron chi connectivity index (χ3n) is 2.57. The molecular formula is C13H12BrN3O3. The van der Waals surface area contributed by atoms with E-state index in [1.807, 2.05) is 0 Å². The van der Waals surface area contributed by atoms with Crippen LogP contribution in [0.3, 0.4) is 0 Å². The number of aryl methyl sites for hydroxylation is 1. The van der Waals surface area contributed by atoms with E-state index in [0.29, 0.717) is 0 Å². The van der Waals surface area contributed by atoms with Crippen molar-refractivity contribution >= 4 is 27.7 Å². The predicted octanol–water partition coefficient (Wildman–Crippen LogP) is 1.74. The summed E-state index contributed by atoms with van der Waals surface area (Å²) in [6.07, 6.45) is 3.19. The second-order valence-corrected chi connectivity index (χ2v) is 4.96. The Morgan fingerprint density at radius 1 is 1.40 bits per heavy atom. The number of aromatic hydroxyl groups is 1. The van der Waals surface area contributed by atoms with Crippen LogP contribution < -0.4 is 10.9 Å². The predicted molar refractivity (Wildman–Crippen MR) is 77.6 cm³/mol. The molecule has 2 aromatic rings. The number of carbonyl (C=O) groups is 1. The van der Waals surface area contributed by atoms with Gasteiger partial charge in [0.15, 0.2) is 11.6 Å². The van der Waals surface area contributed by atoms with Gasteiger partial charge >= 0.3 is 0 Å². The van der Waals surface area contributed by atoms with E-state index in [1.54, 1.807) is 18.3 Å². The summed E-state index contributed by atoms with van der Waals surface area (Å²) in [4.78, 5) is 27.1. The van der Waals surface area contributed by atoms with Crippen molar-refractivity contribution in [1.29, 1.82) is 0 Å². The van der Waals surface area contributed by atoms with Gasteiger partial charge in [0.05, 0.1) is 0 Å². The molecule has 0 saturated carbocycles. The van der Waals surface area contributed by atoms with Crippen molar-refractivity contribution in [3.63, 3.8) is 0 Å². The van der Waals surface area contributed by atoms with Gasteiger partial charge in [0.25, 0.3) is 5.56 Å². The maximum absolute atomic E-state index is 11.7. The number of amides is 1. The summed E-state index contributed by atoms with van der Waals surface area (Å²) in [6.45, 7) is 0.248. The molecule has 0 fully saturated rings. The molecule has 1 amide bonds. The van der Waals surface area contributed by atoms with Crippen molar-refractivity contribution in [3.8, 4) is 5.75 Å². The van der Waals surface area contributed by atoms with E-state index < -0.39 is 0 Å². The van der Waals surface area contributed by atoms with Gasteiger partial charge < -0.3 is 15.0 Å². The Morgan fingerprint density at radius 2 is 2.20 bits per heavy atom. The average molecular weight is 338 g/mol. The van der Waals surface area contributed by atoms with Crippen LogP contribution >= 0.6 is 15.9 Å². The second kappa shape index (κ2) is 6.33. The molecular weight excluding hydrogens is 326 g/mol. The zero-order valence-corrected chi connectivity index (χ0v) is 12.0. The first-order chi connectivity index (χ1) is 9.56. The van der Waals surface area contributed by atoms with Crippen LogP contribution in [-0.2, 0) is 11.3 Å². The molecule has 0 radical (unpaired) electrons. The molecule has 20 heavy (non-hydrogen) atoms. The van der Waals surface area contributed by atoms with Crippen LogP contribution in [-0.4, -0.2) is 20.6 Å². The molecule has 0 aromatic carbocycles. The number of hydrogen-bond donors (Lipinski definition) is 2. The van der Waals surface area contributed by atoms with Crippen LogP contribution in [0, 0.1) is 0 Å². The van der Waals surface area contributed by atoms with Gasteiger partial charge in [-0.3, -0.25) is 9.59 Å². The molecule has 2 heterocycles. The maximum atomic E-state index is 11.7. The van der Waals surface area contributed by atoms with Gasteiger partial charge in [-0.05, 0) is 34.1 Å². The lowest BCUT2D eigenvalue weighted by molar-refractivity contribution is -0.116. The minimum absolute atomic E-state index is 0.0968. The first-order valence-electron chi connectivity index (χ1n) is 5.86. The van der Waals surface area contributed by atoms with E-state index in [1.165, 1.54) is 22.9 Å². The Bertz CT molecular complexity index is 685. The fourth-order valence-electron chi connectivity index (χ4n) is 1.59. The molecule has 0 atom stereocenters. The first kappa shape index (κ1) is 14.3. The van der Waals surface area contributed by atoms with Crippen molar-refractivity contribution in [1.82, 2.24) is 9.55 Å². The smallest absolute Gasteiger partial charge is 0.250 e. The van der Waals surface area contributed by atoms with E-state index in [-0.39, 0.29) is 36.0 Å². The second-order valence-electron chi connectivity index (χ2n) is 4.05. The van der Waals surface area contributed by atoms with Crippen molar-refractivity contribution in [2.75, 3.05) is 5.32 Å². The van der Waals surface area contributed by atoms with Gasteiger partial charge in [0, 0.05) is 35.9 Å². The molecule has 104 valence electrons. The van der Waals surface area contributed by atoms with Gasteiger partial charge in [0.1, 0.15) is 0 Å². The number of anilines is 1. The number of carbonyl (C=O) groups excluding carboxylic acids is 1. The van der Waals surface area contributed by atoms with Gasteiger partial charge in [-0.25, -0.2) is 4.98 Å². The van der Waals surface area contributed by atoms with Gasteiger partial charge in [-0.2, -0.15) is 0 Å². The molecule has 7 heteroatoms. The molecule has 0 aliphatic heterocycles. The van der Waals surface area contributed by atoms with Gasteiger partial charge in [-0.15, -0.1) is 0 Å². The Morgan fingerprint density at radius 3 is 2.95 bits per heavy atom. The molecule has 2 aromatic heterocycles. The number of pyridine rings is 2. The topological polar surface area (TPSA) is 84.2 Å². The minimum Gasteiger partial charge on any atom is -0.504 e. The number of nitrogens with one attached hydrogen (secondary N) is 1. The summed E-state index contributed by atoms with van der Waals surface area (Å²) >= 11 is 3.26. The highest BCUT2D eigenvalue weighted by Crippen LogP contribution is 2.18. The molecule has 0 aliphatic carbocycles. The molecule has 6 nitrogen and oxygen atoms in total. The highest BCUT2D eigenvalue weighted by molar-refractivity contribution is 9.10. The molecule has 0 bridgehead atoms. The van der Waals surface area contributed by atoms with Gasteiger partial charge in [-0.1, -0.05) is 0 Å². The third kappa shape index (κ3) is 3.67. The number of rotatable bonds is 4. The summed E-state index contributed by atoms with van der Waals surface area (Å²) in [7, 11) is 0. The minimum atomic E-state index is -0.328. The van der Waals surface area contributed by atoms with Crippen LogP contribution in [0.4, 0.5) is 5.82 Å². The summed E-state index contributed by atoms with van der Waals surface area (Å²) in [6, 6.07) is 6.06. The van der Waals surface area contributed by atoms with E-state index in [0.717, 1.165) is 4.47 Å². The Balaban J connectivity index is 1.98. The number of halogens is 1. The average Bonchev–Trinajstić information content (AvgIpc) is 2.42. The molecule has 0 unspecified atom stereocenters. The van der Waals surface area contributed by atoms with Crippen molar-refractivity contribution in [2.45, 2.75) is 13.0 Å². The van der Waals surface area contributed by atoms with Crippen molar-refractivity contribution < 1.29 is 9.90 Å². The fourth-order valence-corrected chi connectivity index (χ4v) is 1.97. The summed E-state index contributed by atoms with van der Waals surface area (Å²) in [5, 5.41) is 12.0. The van der Waals surface area contributed by atoms with Crippen LogP contribution in [0.25, 0.3) is 0 Å². The Kier molecular flexibility index (Phi) is 4.52. The summed E-state index contributed by atoms with van der Waals surface area (Å²) < 4.78 is 2.20. The van der Waals surface area contributed by atoms with Crippen LogP contribution in [0.5, 0.6) is 5.75 Å². The van der Waals surface area contributed by atoms with Gasteiger partial charge in [0.2, 0.25) is 5.91 Å². The van der Waals surface area contributed by atoms with Crippen molar-refractivity contribution in [2.24, 2.45) is 0 Å². The SMILES string of the molecule is O=C(CCn1cc(Br)ccc1=O)Nc1ncccc1O. The maximum Gasteiger partial charge on any atom is 0.250 e. The molecule has 2 N–H and O–H groups in total.